The molecule has 0 saturated carbocycles. The maximum atomic E-state index is 5.04. The second-order valence-corrected chi connectivity index (χ2v) is 4.39. The van der Waals surface area contributed by atoms with Gasteiger partial charge in [-0.15, -0.1) is 11.3 Å². The Morgan fingerprint density at radius 3 is 3.20 bits per heavy atom. The molecule has 0 saturated heterocycles. The first-order valence-corrected chi connectivity index (χ1v) is 5.88. The molecule has 80 valence electrons. The third kappa shape index (κ3) is 2.91. The average molecular weight is 222 g/mol. The minimum absolute atomic E-state index is 0.337. The second-order valence-electron chi connectivity index (χ2n) is 3.41. The minimum atomic E-state index is 0.337. The summed E-state index contributed by atoms with van der Waals surface area (Å²) in [7, 11) is 0. The number of furan rings is 1. The molecule has 0 aliphatic rings. The lowest BCUT2D eigenvalue weighted by molar-refractivity contribution is 0.539. The van der Waals surface area contributed by atoms with Crippen molar-refractivity contribution in [3.8, 4) is 0 Å². The molecular weight excluding hydrogens is 208 g/mol. The van der Waals surface area contributed by atoms with Gasteiger partial charge in [0.25, 0.3) is 0 Å². The highest BCUT2D eigenvalue weighted by atomic mass is 32.1. The zero-order valence-electron chi connectivity index (χ0n) is 8.64. The van der Waals surface area contributed by atoms with Gasteiger partial charge in [-0.2, -0.15) is 0 Å². The maximum Gasteiger partial charge on any atom is 0.0950 e. The van der Waals surface area contributed by atoms with Crippen LogP contribution in [0.4, 0.5) is 0 Å². The quantitative estimate of drug-likeness (QED) is 0.845. The monoisotopic (exact) mass is 222 g/mol. The van der Waals surface area contributed by atoms with Gasteiger partial charge in [-0.05, 0) is 13.0 Å². The first-order chi connectivity index (χ1) is 7.36. The third-order valence-corrected chi connectivity index (χ3v) is 3.16. The fraction of sp³-hybridized carbons (Fsp3) is 0.364. The molecule has 0 aromatic carbocycles. The Balaban J connectivity index is 1.74. The summed E-state index contributed by atoms with van der Waals surface area (Å²) in [6, 6.07) is 2.32. The van der Waals surface area contributed by atoms with Crippen LogP contribution in [0.25, 0.3) is 0 Å². The SMILES string of the molecule is CC(NCCc1nccs1)c1ccoc1. The van der Waals surface area contributed by atoms with Crippen molar-refractivity contribution in [2.75, 3.05) is 6.54 Å². The van der Waals surface area contributed by atoms with Crippen molar-refractivity contribution in [1.29, 1.82) is 0 Å². The van der Waals surface area contributed by atoms with Gasteiger partial charge in [0, 0.05) is 36.1 Å². The Morgan fingerprint density at radius 1 is 1.60 bits per heavy atom. The summed E-state index contributed by atoms with van der Waals surface area (Å²) in [6.45, 7) is 3.08. The number of nitrogens with one attached hydrogen (secondary N) is 1. The van der Waals surface area contributed by atoms with Crippen LogP contribution >= 0.6 is 11.3 Å². The topological polar surface area (TPSA) is 38.1 Å². The van der Waals surface area contributed by atoms with Gasteiger partial charge < -0.3 is 9.73 Å². The smallest absolute Gasteiger partial charge is 0.0950 e. The Hall–Kier alpha value is -1.13. The van der Waals surface area contributed by atoms with Crippen LogP contribution in [-0.4, -0.2) is 11.5 Å². The first-order valence-electron chi connectivity index (χ1n) is 5.00. The van der Waals surface area contributed by atoms with Gasteiger partial charge in [-0.1, -0.05) is 0 Å². The molecule has 0 fully saturated rings. The van der Waals surface area contributed by atoms with E-state index >= 15 is 0 Å². The molecule has 3 nitrogen and oxygen atoms in total. The summed E-state index contributed by atoms with van der Waals surface area (Å²) >= 11 is 1.70. The molecule has 0 bridgehead atoms. The first kappa shape index (κ1) is 10.4. The molecule has 0 radical (unpaired) electrons. The van der Waals surface area contributed by atoms with Crippen LogP contribution in [0.1, 0.15) is 23.5 Å². The molecule has 0 spiro atoms. The van der Waals surface area contributed by atoms with Gasteiger partial charge >= 0.3 is 0 Å². The molecular formula is C11H14N2OS. The van der Waals surface area contributed by atoms with Crippen LogP contribution in [0.5, 0.6) is 0 Å². The largest absolute Gasteiger partial charge is 0.472 e. The van der Waals surface area contributed by atoms with E-state index in [4.69, 9.17) is 4.42 Å². The zero-order valence-corrected chi connectivity index (χ0v) is 9.46. The lowest BCUT2D eigenvalue weighted by Gasteiger charge is -2.10. The summed E-state index contributed by atoms with van der Waals surface area (Å²) in [6.07, 6.45) is 6.31. The average Bonchev–Trinajstić information content (AvgIpc) is 2.90. The second kappa shape index (κ2) is 5.09. The third-order valence-electron chi connectivity index (χ3n) is 2.32. The predicted molar refractivity (Wildman–Crippen MR) is 60.9 cm³/mol. The molecule has 1 unspecified atom stereocenters. The van der Waals surface area contributed by atoms with Crippen LogP contribution in [0, 0.1) is 0 Å². The van der Waals surface area contributed by atoms with Crippen LogP contribution in [0.2, 0.25) is 0 Å². The maximum absolute atomic E-state index is 5.04. The number of hydrogen-bond acceptors (Lipinski definition) is 4. The summed E-state index contributed by atoms with van der Waals surface area (Å²) in [5.74, 6) is 0. The molecule has 1 atom stereocenters. The Kier molecular flexibility index (Phi) is 3.53. The van der Waals surface area contributed by atoms with Gasteiger partial charge in [0.05, 0.1) is 17.5 Å². The van der Waals surface area contributed by atoms with Crippen molar-refractivity contribution in [2.45, 2.75) is 19.4 Å². The summed E-state index contributed by atoms with van der Waals surface area (Å²) in [5, 5.41) is 6.62. The lowest BCUT2D eigenvalue weighted by Crippen LogP contribution is -2.20. The number of thiazole rings is 1. The van der Waals surface area contributed by atoms with Crippen LogP contribution in [-0.2, 0) is 6.42 Å². The molecule has 0 aliphatic carbocycles. The molecule has 1 N–H and O–H groups in total. The van der Waals surface area contributed by atoms with Gasteiger partial charge in [0.15, 0.2) is 0 Å². The van der Waals surface area contributed by atoms with Crippen molar-refractivity contribution >= 4 is 11.3 Å². The van der Waals surface area contributed by atoms with E-state index in [9.17, 15) is 0 Å². The van der Waals surface area contributed by atoms with Crippen molar-refractivity contribution in [2.24, 2.45) is 0 Å². The fourth-order valence-corrected chi connectivity index (χ4v) is 2.03. The number of nitrogens with zero attached hydrogens (tertiary/aromatic N) is 1. The van der Waals surface area contributed by atoms with E-state index in [0.29, 0.717) is 6.04 Å². The van der Waals surface area contributed by atoms with E-state index in [-0.39, 0.29) is 0 Å². The van der Waals surface area contributed by atoms with Crippen LogP contribution in [0.3, 0.4) is 0 Å². The molecule has 2 aromatic rings. The minimum Gasteiger partial charge on any atom is -0.472 e. The van der Waals surface area contributed by atoms with E-state index in [1.165, 1.54) is 10.6 Å². The molecule has 0 amide bonds. The Labute approximate surface area is 93.2 Å². The normalized spacial score (nSPS) is 12.9. The summed E-state index contributed by atoms with van der Waals surface area (Å²) < 4.78 is 5.04. The summed E-state index contributed by atoms with van der Waals surface area (Å²) in [4.78, 5) is 4.24. The van der Waals surface area contributed by atoms with Crippen molar-refractivity contribution < 1.29 is 4.42 Å². The van der Waals surface area contributed by atoms with E-state index < -0.39 is 0 Å². The van der Waals surface area contributed by atoms with E-state index in [1.54, 1.807) is 23.9 Å². The highest BCUT2D eigenvalue weighted by Gasteiger charge is 2.05. The molecule has 2 aromatic heterocycles. The van der Waals surface area contributed by atoms with Crippen molar-refractivity contribution in [3.05, 3.63) is 40.7 Å². The standard InChI is InChI=1S/C11H14N2OS/c1-9(10-3-6-14-8-10)12-4-2-11-13-5-7-15-11/h3,5-9,12H,2,4H2,1H3. The molecule has 0 aliphatic heterocycles. The predicted octanol–water partition coefficient (Wildman–Crippen LogP) is 2.63. The van der Waals surface area contributed by atoms with Crippen LogP contribution in [0.15, 0.2) is 34.6 Å². The number of aromatic nitrogens is 1. The van der Waals surface area contributed by atoms with E-state index in [0.717, 1.165) is 13.0 Å². The summed E-state index contributed by atoms with van der Waals surface area (Å²) in [5.41, 5.74) is 1.19. The molecule has 15 heavy (non-hydrogen) atoms. The Bertz CT molecular complexity index is 369. The highest BCUT2D eigenvalue weighted by molar-refractivity contribution is 7.09. The van der Waals surface area contributed by atoms with Crippen molar-refractivity contribution in [3.63, 3.8) is 0 Å². The van der Waals surface area contributed by atoms with Gasteiger partial charge in [-0.25, -0.2) is 4.98 Å². The number of hydrogen-bond donors (Lipinski definition) is 1. The molecule has 2 heterocycles. The van der Waals surface area contributed by atoms with Crippen molar-refractivity contribution in [1.82, 2.24) is 10.3 Å². The fourth-order valence-electron chi connectivity index (χ4n) is 1.41. The Morgan fingerprint density at radius 2 is 2.53 bits per heavy atom. The van der Waals surface area contributed by atoms with Crippen LogP contribution < -0.4 is 5.32 Å². The van der Waals surface area contributed by atoms with Gasteiger partial charge in [0.1, 0.15) is 0 Å². The van der Waals surface area contributed by atoms with E-state index in [2.05, 4.69) is 17.2 Å². The van der Waals surface area contributed by atoms with Gasteiger partial charge in [-0.3, -0.25) is 0 Å². The zero-order chi connectivity index (χ0) is 10.5. The van der Waals surface area contributed by atoms with E-state index in [1.807, 2.05) is 17.6 Å². The number of rotatable bonds is 5. The molecule has 4 heteroatoms. The molecule has 2 rings (SSSR count). The lowest BCUT2D eigenvalue weighted by atomic mass is 10.2. The van der Waals surface area contributed by atoms with Gasteiger partial charge in [0.2, 0.25) is 0 Å². The highest BCUT2D eigenvalue weighted by Crippen LogP contribution is 2.12.